The molecule has 0 bridgehead atoms. The lowest BCUT2D eigenvalue weighted by Gasteiger charge is -2.38. The quantitative estimate of drug-likeness (QED) is 0.115. The van der Waals surface area contributed by atoms with Crippen LogP contribution in [0.15, 0.2) is 97.1 Å². The molecule has 1 heterocycles. The summed E-state index contributed by atoms with van der Waals surface area (Å²) in [5.41, 5.74) is 12.4. The Morgan fingerprint density at radius 2 is 1.52 bits per heavy atom. The van der Waals surface area contributed by atoms with Gasteiger partial charge in [-0.2, -0.15) is 0 Å². The van der Waals surface area contributed by atoms with Crippen LogP contribution in [0.3, 0.4) is 0 Å². The van der Waals surface area contributed by atoms with Crippen LogP contribution in [0.2, 0.25) is 0 Å². The molecule has 0 aromatic heterocycles. The molecule has 0 fully saturated rings. The Hall–Kier alpha value is -5.68. The summed E-state index contributed by atoms with van der Waals surface area (Å²) in [6, 6.07) is 26.6. The first kappa shape index (κ1) is 37.6. The van der Waals surface area contributed by atoms with E-state index in [-0.39, 0.29) is 43.6 Å². The van der Waals surface area contributed by atoms with Crippen molar-refractivity contribution < 1.29 is 29.0 Å². The Balaban J connectivity index is 1.26. The van der Waals surface area contributed by atoms with Crippen LogP contribution in [0, 0.1) is 13.8 Å². The molecule has 4 amide bonds. The molecule has 11 heteroatoms. The molecule has 4 aromatic carbocycles. The maximum Gasteiger partial charge on any atom is 0.407 e. The van der Waals surface area contributed by atoms with Gasteiger partial charge in [0.2, 0.25) is 17.7 Å². The van der Waals surface area contributed by atoms with Crippen molar-refractivity contribution in [1.29, 1.82) is 0 Å². The number of aromatic hydroxyl groups is 1. The number of hydrogen-bond acceptors (Lipinski definition) is 7. The van der Waals surface area contributed by atoms with Crippen LogP contribution in [0.4, 0.5) is 10.5 Å². The van der Waals surface area contributed by atoms with Gasteiger partial charge in [-0.25, -0.2) is 4.79 Å². The van der Waals surface area contributed by atoms with Gasteiger partial charge in [0.25, 0.3) is 0 Å². The summed E-state index contributed by atoms with van der Waals surface area (Å²) in [7, 11) is 0. The number of benzene rings is 4. The first-order chi connectivity index (χ1) is 25.1. The van der Waals surface area contributed by atoms with Gasteiger partial charge >= 0.3 is 6.09 Å². The second kappa shape index (κ2) is 18.0. The Labute approximate surface area is 304 Å². The maximum absolute atomic E-state index is 14.2. The molecule has 0 aliphatic carbocycles. The van der Waals surface area contributed by atoms with Gasteiger partial charge in [-0.3, -0.25) is 14.4 Å². The number of amides is 4. The van der Waals surface area contributed by atoms with Crippen molar-refractivity contribution in [2.45, 2.75) is 77.2 Å². The minimum absolute atomic E-state index is 0.145. The lowest BCUT2D eigenvalue weighted by atomic mass is 9.91. The summed E-state index contributed by atoms with van der Waals surface area (Å²) in [4.78, 5) is 55.5. The number of phenolic OH excluding ortho intramolecular Hbond substituents is 1. The first-order valence-corrected chi connectivity index (χ1v) is 17.6. The van der Waals surface area contributed by atoms with E-state index >= 15 is 0 Å². The molecule has 0 radical (unpaired) electrons. The van der Waals surface area contributed by atoms with Crippen molar-refractivity contribution in [1.82, 2.24) is 15.5 Å². The summed E-state index contributed by atoms with van der Waals surface area (Å²) < 4.78 is 5.28. The summed E-state index contributed by atoms with van der Waals surface area (Å²) in [5.74, 6) is -1.08. The molecule has 2 unspecified atom stereocenters. The number of nitrogens with one attached hydrogen (secondary N) is 3. The molecule has 4 aromatic rings. The molecule has 3 atom stereocenters. The summed E-state index contributed by atoms with van der Waals surface area (Å²) in [6.45, 7) is 4.41. The number of carbonyl (C=O) groups excluding carboxylic acids is 4. The second-order valence-electron chi connectivity index (χ2n) is 13.2. The normalized spacial score (nSPS) is 14.8. The highest BCUT2D eigenvalue weighted by Gasteiger charge is 2.38. The van der Waals surface area contributed by atoms with Crippen LogP contribution in [-0.4, -0.2) is 58.5 Å². The van der Waals surface area contributed by atoms with E-state index in [0.29, 0.717) is 31.5 Å². The first-order valence-electron chi connectivity index (χ1n) is 17.6. The minimum atomic E-state index is -0.938. The van der Waals surface area contributed by atoms with Crippen molar-refractivity contribution in [2.75, 3.05) is 11.9 Å². The number of carbonyl (C=O) groups is 4. The third-order valence-corrected chi connectivity index (χ3v) is 9.33. The number of hydrogen-bond donors (Lipinski definition) is 5. The van der Waals surface area contributed by atoms with E-state index in [4.69, 9.17) is 10.5 Å². The molecule has 6 N–H and O–H groups in total. The Morgan fingerprint density at radius 3 is 2.21 bits per heavy atom. The van der Waals surface area contributed by atoms with Crippen molar-refractivity contribution in [3.8, 4) is 5.75 Å². The molecule has 272 valence electrons. The molecular formula is C41H47N5O6. The van der Waals surface area contributed by atoms with E-state index in [2.05, 4.69) is 16.0 Å². The van der Waals surface area contributed by atoms with Crippen LogP contribution in [0.5, 0.6) is 5.75 Å². The number of ether oxygens (including phenoxy) is 1. The summed E-state index contributed by atoms with van der Waals surface area (Å²) in [5, 5.41) is 18.6. The lowest BCUT2D eigenvalue weighted by Crippen LogP contribution is -2.58. The van der Waals surface area contributed by atoms with Crippen molar-refractivity contribution >= 4 is 29.5 Å². The molecule has 11 nitrogen and oxygen atoms in total. The predicted molar refractivity (Wildman–Crippen MR) is 199 cm³/mol. The van der Waals surface area contributed by atoms with Crippen LogP contribution >= 0.6 is 0 Å². The zero-order valence-corrected chi connectivity index (χ0v) is 29.6. The van der Waals surface area contributed by atoms with Crippen molar-refractivity contribution in [3.05, 3.63) is 130 Å². The highest BCUT2D eigenvalue weighted by Crippen LogP contribution is 2.27. The molecule has 1 aliphatic heterocycles. The number of aryl methyl sites for hydroxylation is 2. The largest absolute Gasteiger partial charge is 0.508 e. The highest BCUT2D eigenvalue weighted by atomic mass is 16.5. The number of fused-ring (bicyclic) bond motifs is 1. The van der Waals surface area contributed by atoms with Crippen LogP contribution in [0.25, 0.3) is 0 Å². The molecule has 0 spiro atoms. The molecular weight excluding hydrogens is 658 g/mol. The number of nitrogens with two attached hydrogens (primary N) is 1. The van der Waals surface area contributed by atoms with Gasteiger partial charge < -0.3 is 36.4 Å². The van der Waals surface area contributed by atoms with Crippen molar-refractivity contribution in [3.63, 3.8) is 0 Å². The Kier molecular flexibility index (Phi) is 13.0. The predicted octanol–water partition coefficient (Wildman–Crippen LogP) is 5.05. The SMILES string of the molecule is Cc1cc(O)cc(C)c1CC(N)C(=O)N1Cc2ccccc2CC1C(=O)N[C@@H](CCCCNC(=O)OCc1ccccc1)C(=O)Nc1ccccc1. The fraction of sp³-hybridized carbons (Fsp3) is 0.317. The minimum Gasteiger partial charge on any atom is -0.508 e. The van der Waals surface area contributed by atoms with E-state index < -0.39 is 30.1 Å². The average molecular weight is 706 g/mol. The number of anilines is 1. The van der Waals surface area contributed by atoms with Crippen LogP contribution in [-0.2, 0) is 45.1 Å². The molecule has 5 rings (SSSR count). The van der Waals surface area contributed by atoms with Gasteiger partial charge in [0.15, 0.2) is 0 Å². The van der Waals surface area contributed by atoms with E-state index in [1.165, 1.54) is 4.90 Å². The fourth-order valence-corrected chi connectivity index (χ4v) is 6.53. The van der Waals surface area contributed by atoms with E-state index in [0.717, 1.165) is 33.4 Å². The number of phenols is 1. The fourth-order valence-electron chi connectivity index (χ4n) is 6.53. The number of alkyl carbamates (subject to hydrolysis) is 1. The average Bonchev–Trinajstić information content (AvgIpc) is 3.14. The Bertz CT molecular complexity index is 1830. The van der Waals surface area contributed by atoms with E-state index in [1.807, 2.05) is 74.5 Å². The number of unbranched alkanes of at least 4 members (excludes halogenated alkanes) is 1. The third kappa shape index (κ3) is 10.2. The van der Waals surface area contributed by atoms with E-state index in [9.17, 15) is 24.3 Å². The zero-order valence-electron chi connectivity index (χ0n) is 29.6. The van der Waals surface area contributed by atoms with Gasteiger partial charge in [0, 0.05) is 25.2 Å². The number of nitrogens with zero attached hydrogens (tertiary/aromatic N) is 1. The van der Waals surface area contributed by atoms with E-state index in [1.54, 1.807) is 36.4 Å². The second-order valence-corrected chi connectivity index (χ2v) is 13.2. The van der Waals surface area contributed by atoms with Gasteiger partial charge in [-0.05, 0) is 97.2 Å². The Morgan fingerprint density at radius 1 is 0.885 bits per heavy atom. The molecule has 0 saturated heterocycles. The maximum atomic E-state index is 14.2. The lowest BCUT2D eigenvalue weighted by molar-refractivity contribution is -0.143. The molecule has 52 heavy (non-hydrogen) atoms. The van der Waals surface area contributed by atoms with Crippen LogP contribution in [0.1, 0.15) is 52.6 Å². The summed E-state index contributed by atoms with van der Waals surface area (Å²) in [6.07, 6.45) is 1.31. The number of rotatable bonds is 14. The van der Waals surface area contributed by atoms with Gasteiger partial charge in [0.05, 0.1) is 6.04 Å². The topological polar surface area (TPSA) is 163 Å². The van der Waals surface area contributed by atoms with Gasteiger partial charge in [0.1, 0.15) is 24.4 Å². The monoisotopic (exact) mass is 705 g/mol. The number of para-hydroxylation sites is 1. The van der Waals surface area contributed by atoms with Gasteiger partial charge in [-0.15, -0.1) is 0 Å². The smallest absolute Gasteiger partial charge is 0.407 e. The molecule has 0 saturated carbocycles. The molecule has 1 aliphatic rings. The standard InChI is InChI=1S/C41H47N5O6/c1-27-21-33(47)22-28(2)34(27)24-35(42)40(50)46-25-31-16-10-9-15-30(31)23-37(46)39(49)45-36(38(48)44-32-17-7-4-8-18-32)19-11-12-20-43-41(51)52-26-29-13-5-3-6-14-29/h3-10,13-18,21-22,35-37,47H,11-12,19-20,23-26,42H2,1-2H3,(H,43,51)(H,44,48)(H,45,49)/t35?,36-,37?/m0/s1. The third-order valence-electron chi connectivity index (χ3n) is 9.33. The van der Waals surface area contributed by atoms with Crippen molar-refractivity contribution in [2.24, 2.45) is 5.73 Å². The zero-order chi connectivity index (χ0) is 37.0. The highest BCUT2D eigenvalue weighted by molar-refractivity contribution is 5.98. The van der Waals surface area contributed by atoms with Crippen LogP contribution < -0.4 is 21.7 Å². The summed E-state index contributed by atoms with van der Waals surface area (Å²) >= 11 is 0. The van der Waals surface area contributed by atoms with Gasteiger partial charge in [-0.1, -0.05) is 72.8 Å².